The van der Waals surface area contributed by atoms with Crippen LogP contribution in [0.15, 0.2) is 30.3 Å². The van der Waals surface area contributed by atoms with Crippen LogP contribution in [-0.4, -0.2) is 23.0 Å². The molecule has 1 fully saturated rings. The summed E-state index contributed by atoms with van der Waals surface area (Å²) in [5, 5.41) is 12.3. The van der Waals surface area contributed by atoms with E-state index in [1.807, 2.05) is 37.3 Å². The maximum Gasteiger partial charge on any atom is 0.308 e. The van der Waals surface area contributed by atoms with Crippen LogP contribution in [-0.2, 0) is 4.79 Å². The van der Waals surface area contributed by atoms with Crippen molar-refractivity contribution in [3.63, 3.8) is 0 Å². The third-order valence-electron chi connectivity index (χ3n) is 3.91. The van der Waals surface area contributed by atoms with Gasteiger partial charge in [0, 0.05) is 24.9 Å². The molecule has 1 aliphatic carbocycles. The summed E-state index contributed by atoms with van der Waals surface area (Å²) in [6, 6.07) is 9.10. The number of alkyl halides is 2. The highest BCUT2D eigenvalue weighted by atomic mass is 19.3. The van der Waals surface area contributed by atoms with Gasteiger partial charge in [0.1, 0.15) is 0 Å². The molecule has 2 N–H and O–H groups in total. The Morgan fingerprint density at radius 3 is 2.65 bits per heavy atom. The fourth-order valence-corrected chi connectivity index (χ4v) is 2.75. The van der Waals surface area contributed by atoms with Gasteiger partial charge in [-0.15, -0.1) is 0 Å². The number of nitrogens with one attached hydrogen (secondary N) is 1. The minimum Gasteiger partial charge on any atom is -0.481 e. The Bertz CT molecular complexity index is 464. The third-order valence-corrected chi connectivity index (χ3v) is 3.91. The number of carboxylic acid groups (broad SMARTS) is 1. The van der Waals surface area contributed by atoms with Crippen molar-refractivity contribution in [2.75, 3.05) is 0 Å². The number of aliphatic carboxylic acids is 1. The second kappa shape index (κ2) is 5.87. The maximum absolute atomic E-state index is 13.4. The topological polar surface area (TPSA) is 49.3 Å². The summed E-state index contributed by atoms with van der Waals surface area (Å²) in [5.41, 5.74) is 1.02. The Morgan fingerprint density at radius 2 is 2.05 bits per heavy atom. The van der Waals surface area contributed by atoms with Crippen LogP contribution in [0.3, 0.4) is 0 Å². The molecule has 0 aromatic heterocycles. The smallest absolute Gasteiger partial charge is 0.308 e. The van der Waals surface area contributed by atoms with Crippen molar-refractivity contribution in [3.8, 4) is 0 Å². The molecule has 0 unspecified atom stereocenters. The van der Waals surface area contributed by atoms with Crippen molar-refractivity contribution in [3.05, 3.63) is 35.9 Å². The molecule has 5 heteroatoms. The summed E-state index contributed by atoms with van der Waals surface area (Å²) in [6.45, 7) is 1.92. The second-order valence-electron chi connectivity index (χ2n) is 5.45. The Kier molecular flexibility index (Phi) is 4.38. The van der Waals surface area contributed by atoms with Crippen LogP contribution in [0.1, 0.15) is 37.8 Å². The summed E-state index contributed by atoms with van der Waals surface area (Å²) < 4.78 is 26.7. The van der Waals surface area contributed by atoms with Crippen molar-refractivity contribution in [2.45, 2.75) is 44.2 Å². The van der Waals surface area contributed by atoms with E-state index in [-0.39, 0.29) is 18.9 Å². The van der Waals surface area contributed by atoms with Gasteiger partial charge in [0.05, 0.1) is 5.92 Å². The molecule has 20 heavy (non-hydrogen) atoms. The maximum atomic E-state index is 13.4. The Labute approximate surface area is 117 Å². The molecule has 0 bridgehead atoms. The van der Waals surface area contributed by atoms with Gasteiger partial charge in [-0.05, 0) is 18.9 Å². The fourth-order valence-electron chi connectivity index (χ4n) is 2.75. The van der Waals surface area contributed by atoms with E-state index in [1.54, 1.807) is 0 Å². The van der Waals surface area contributed by atoms with Crippen molar-refractivity contribution in [1.82, 2.24) is 5.32 Å². The highest BCUT2D eigenvalue weighted by Gasteiger charge is 2.44. The van der Waals surface area contributed by atoms with Crippen molar-refractivity contribution >= 4 is 5.97 Å². The third kappa shape index (κ3) is 3.54. The number of carbonyl (C=O) groups is 1. The number of benzene rings is 1. The summed E-state index contributed by atoms with van der Waals surface area (Å²) in [4.78, 5) is 11.2. The molecule has 0 saturated heterocycles. The molecule has 1 aliphatic rings. The highest BCUT2D eigenvalue weighted by molar-refractivity contribution is 5.71. The summed E-state index contributed by atoms with van der Waals surface area (Å²) in [6.07, 6.45) is -0.654. The molecule has 0 spiro atoms. The van der Waals surface area contributed by atoms with E-state index in [9.17, 15) is 13.6 Å². The highest BCUT2D eigenvalue weighted by Crippen LogP contribution is 2.37. The van der Waals surface area contributed by atoms with Gasteiger partial charge >= 0.3 is 5.97 Å². The van der Waals surface area contributed by atoms with Crippen LogP contribution in [0.25, 0.3) is 0 Å². The lowest BCUT2D eigenvalue weighted by Gasteiger charge is -2.35. The first-order chi connectivity index (χ1) is 9.39. The molecule has 110 valence electrons. The molecule has 0 aliphatic heterocycles. The first-order valence-corrected chi connectivity index (χ1v) is 6.81. The molecule has 0 amide bonds. The van der Waals surface area contributed by atoms with Crippen LogP contribution in [0.5, 0.6) is 0 Å². The normalized spacial score (nSPS) is 26.9. The lowest BCUT2D eigenvalue weighted by molar-refractivity contribution is -0.151. The fraction of sp³-hybridized carbons (Fsp3) is 0.533. The molecule has 1 saturated carbocycles. The van der Waals surface area contributed by atoms with Gasteiger partial charge in [-0.1, -0.05) is 30.3 Å². The Hall–Kier alpha value is -1.49. The molecule has 2 rings (SSSR count). The number of halogens is 2. The van der Waals surface area contributed by atoms with Gasteiger partial charge in [-0.3, -0.25) is 4.79 Å². The zero-order valence-electron chi connectivity index (χ0n) is 11.4. The van der Waals surface area contributed by atoms with Gasteiger partial charge in [0.15, 0.2) is 0 Å². The van der Waals surface area contributed by atoms with E-state index >= 15 is 0 Å². The SMILES string of the molecule is C[C@H](N[C@H]1CCC(F)(F)C[C@H]1C(=O)O)c1ccccc1. The van der Waals surface area contributed by atoms with E-state index in [2.05, 4.69) is 5.32 Å². The molecule has 1 aromatic rings. The van der Waals surface area contributed by atoms with Crippen LogP contribution >= 0.6 is 0 Å². The summed E-state index contributed by atoms with van der Waals surface area (Å²) in [7, 11) is 0. The van der Waals surface area contributed by atoms with Crippen LogP contribution in [0.4, 0.5) is 8.78 Å². The zero-order chi connectivity index (χ0) is 14.8. The second-order valence-corrected chi connectivity index (χ2v) is 5.45. The van der Waals surface area contributed by atoms with Gasteiger partial charge in [0.25, 0.3) is 0 Å². The lowest BCUT2D eigenvalue weighted by Crippen LogP contribution is -2.48. The Balaban J connectivity index is 2.06. The van der Waals surface area contributed by atoms with E-state index < -0.39 is 30.3 Å². The van der Waals surface area contributed by atoms with Gasteiger partial charge in [0.2, 0.25) is 5.92 Å². The molecular formula is C15H19F2NO2. The van der Waals surface area contributed by atoms with Gasteiger partial charge in [-0.25, -0.2) is 8.78 Å². The molecule has 3 atom stereocenters. The quantitative estimate of drug-likeness (QED) is 0.892. The van der Waals surface area contributed by atoms with Crippen LogP contribution in [0, 0.1) is 5.92 Å². The number of hydrogen-bond acceptors (Lipinski definition) is 2. The average molecular weight is 283 g/mol. The first-order valence-electron chi connectivity index (χ1n) is 6.81. The molecule has 0 radical (unpaired) electrons. The molecule has 1 aromatic carbocycles. The van der Waals surface area contributed by atoms with E-state index in [1.165, 1.54) is 0 Å². The minimum atomic E-state index is -2.86. The van der Waals surface area contributed by atoms with E-state index in [0.717, 1.165) is 5.56 Å². The number of carboxylic acids is 1. The van der Waals surface area contributed by atoms with Crippen molar-refractivity contribution < 1.29 is 18.7 Å². The van der Waals surface area contributed by atoms with Crippen LogP contribution in [0.2, 0.25) is 0 Å². The van der Waals surface area contributed by atoms with Gasteiger partial charge < -0.3 is 10.4 Å². The summed E-state index contributed by atoms with van der Waals surface area (Å²) >= 11 is 0. The average Bonchev–Trinajstić information content (AvgIpc) is 2.41. The Morgan fingerprint density at radius 1 is 1.40 bits per heavy atom. The zero-order valence-corrected chi connectivity index (χ0v) is 11.4. The number of rotatable bonds is 4. The van der Waals surface area contributed by atoms with Crippen molar-refractivity contribution in [2.24, 2.45) is 5.92 Å². The summed E-state index contributed by atoms with van der Waals surface area (Å²) in [5.74, 6) is -5.05. The predicted molar refractivity (Wildman–Crippen MR) is 71.7 cm³/mol. The van der Waals surface area contributed by atoms with Gasteiger partial charge in [-0.2, -0.15) is 0 Å². The molecule has 3 nitrogen and oxygen atoms in total. The molecule has 0 heterocycles. The van der Waals surface area contributed by atoms with Crippen LogP contribution < -0.4 is 5.32 Å². The van der Waals surface area contributed by atoms with Crippen molar-refractivity contribution in [1.29, 1.82) is 0 Å². The standard InChI is InChI=1S/C15H19F2NO2/c1-10(11-5-3-2-4-6-11)18-13-7-8-15(16,17)9-12(13)14(19)20/h2-6,10,12-13,18H,7-9H2,1H3,(H,19,20)/t10-,12+,13-/m0/s1. The minimum absolute atomic E-state index is 0.0604. The monoisotopic (exact) mass is 283 g/mol. The first kappa shape index (κ1) is 14.9. The molecular weight excluding hydrogens is 264 g/mol. The predicted octanol–water partition coefficient (Wildman–Crippen LogP) is 3.23. The van der Waals surface area contributed by atoms with E-state index in [0.29, 0.717) is 0 Å². The lowest BCUT2D eigenvalue weighted by atomic mass is 9.81. The number of hydrogen-bond donors (Lipinski definition) is 2. The van der Waals surface area contributed by atoms with E-state index in [4.69, 9.17) is 5.11 Å². The largest absolute Gasteiger partial charge is 0.481 e.